The van der Waals surface area contributed by atoms with Crippen LogP contribution in [0.4, 0.5) is 8.78 Å². The first-order valence-corrected chi connectivity index (χ1v) is 4.41. The lowest BCUT2D eigenvalue weighted by molar-refractivity contribution is 0.348. The van der Waals surface area contributed by atoms with E-state index in [4.69, 9.17) is 4.74 Å². The molecule has 1 unspecified atom stereocenters. The van der Waals surface area contributed by atoms with Crippen LogP contribution in [0.25, 0.3) is 0 Å². The molecule has 1 saturated heterocycles. The third kappa shape index (κ3) is 1.44. The lowest BCUT2D eigenvalue weighted by Gasteiger charge is -2.07. The van der Waals surface area contributed by atoms with E-state index < -0.39 is 17.2 Å². The van der Waals surface area contributed by atoms with E-state index in [1.165, 1.54) is 12.1 Å². The molecule has 74 valence electrons. The monoisotopic (exact) mass is 196 g/mol. The molecule has 0 aromatic heterocycles. The van der Waals surface area contributed by atoms with Crippen LogP contribution >= 0.6 is 0 Å². The van der Waals surface area contributed by atoms with E-state index in [1.807, 2.05) is 6.92 Å². The maximum atomic E-state index is 13.4. The summed E-state index contributed by atoms with van der Waals surface area (Å²) in [7, 11) is 0. The van der Waals surface area contributed by atoms with Crippen LogP contribution in [0.5, 0.6) is 0 Å². The predicted octanol–water partition coefficient (Wildman–Crippen LogP) is 2.77. The van der Waals surface area contributed by atoms with Gasteiger partial charge >= 0.3 is 0 Å². The number of hydrogen-bond acceptors (Lipinski definition) is 1. The number of hydrogen-bond donors (Lipinski definition) is 0. The second kappa shape index (κ2) is 3.17. The van der Waals surface area contributed by atoms with Gasteiger partial charge in [0.25, 0.3) is 0 Å². The van der Waals surface area contributed by atoms with Crippen molar-refractivity contribution < 1.29 is 13.5 Å². The highest BCUT2D eigenvalue weighted by molar-refractivity contribution is 5.33. The fraction of sp³-hybridized carbons (Fsp3) is 0.273. The average Bonchev–Trinajstić information content (AvgIpc) is 2.86. The molecule has 1 fully saturated rings. The van der Waals surface area contributed by atoms with Gasteiger partial charge in [0.05, 0.1) is 6.61 Å². The smallest absolute Gasteiger partial charge is 0.137 e. The number of rotatable bonds is 2. The highest BCUT2D eigenvalue weighted by atomic mass is 19.1. The summed E-state index contributed by atoms with van der Waals surface area (Å²) in [4.78, 5) is 0. The molecular formula is C11H10F2O. The summed E-state index contributed by atoms with van der Waals surface area (Å²) in [6.07, 6.45) is 3.58. The van der Waals surface area contributed by atoms with Gasteiger partial charge in [0.1, 0.15) is 17.2 Å². The summed E-state index contributed by atoms with van der Waals surface area (Å²) in [5.74, 6) is -1.12. The van der Waals surface area contributed by atoms with Crippen molar-refractivity contribution in [2.75, 3.05) is 6.61 Å². The normalized spacial score (nSPS) is 25.6. The Morgan fingerprint density at radius 3 is 2.64 bits per heavy atom. The fourth-order valence-corrected chi connectivity index (χ4v) is 1.52. The van der Waals surface area contributed by atoms with Crippen LogP contribution in [-0.4, -0.2) is 6.61 Å². The zero-order chi connectivity index (χ0) is 10.2. The van der Waals surface area contributed by atoms with Crippen LogP contribution in [0.3, 0.4) is 0 Å². The summed E-state index contributed by atoms with van der Waals surface area (Å²) >= 11 is 0. The van der Waals surface area contributed by atoms with Gasteiger partial charge in [-0.2, -0.15) is 0 Å². The van der Waals surface area contributed by atoms with E-state index in [-0.39, 0.29) is 0 Å². The van der Waals surface area contributed by atoms with E-state index >= 15 is 0 Å². The first-order valence-electron chi connectivity index (χ1n) is 4.41. The van der Waals surface area contributed by atoms with Gasteiger partial charge in [0, 0.05) is 11.6 Å². The molecular weight excluding hydrogens is 186 g/mol. The van der Waals surface area contributed by atoms with Gasteiger partial charge in [-0.1, -0.05) is 12.2 Å². The number of halogens is 2. The molecule has 2 rings (SSSR count). The lowest BCUT2D eigenvalue weighted by Crippen LogP contribution is -2.07. The minimum Gasteiger partial charge on any atom is -0.360 e. The Labute approximate surface area is 81.0 Å². The van der Waals surface area contributed by atoms with Crippen LogP contribution in [0.2, 0.25) is 0 Å². The fourth-order valence-electron chi connectivity index (χ4n) is 1.52. The van der Waals surface area contributed by atoms with Gasteiger partial charge in [-0.15, -0.1) is 0 Å². The zero-order valence-corrected chi connectivity index (χ0v) is 7.76. The molecule has 0 radical (unpaired) electrons. The molecule has 0 amide bonds. The van der Waals surface area contributed by atoms with Crippen molar-refractivity contribution in [3.8, 4) is 0 Å². The molecule has 1 aromatic rings. The second-order valence-electron chi connectivity index (χ2n) is 3.30. The standard InChI is InChI=1S/C11H10F2O/c1-2-5-11(7-14-11)9-4-3-8(12)6-10(9)13/h2-6H,7H2,1H3/b5-2+. The number of allylic oxidation sites excluding steroid dienone is 1. The highest BCUT2D eigenvalue weighted by Crippen LogP contribution is 2.41. The predicted molar refractivity (Wildman–Crippen MR) is 48.8 cm³/mol. The van der Waals surface area contributed by atoms with E-state index in [0.29, 0.717) is 12.2 Å². The van der Waals surface area contributed by atoms with Gasteiger partial charge in [-0.3, -0.25) is 0 Å². The minimum absolute atomic E-state index is 0.400. The Kier molecular flexibility index (Phi) is 2.11. The average molecular weight is 196 g/mol. The summed E-state index contributed by atoms with van der Waals surface area (Å²) in [6, 6.07) is 3.55. The van der Waals surface area contributed by atoms with Crippen molar-refractivity contribution in [2.45, 2.75) is 12.5 Å². The van der Waals surface area contributed by atoms with Gasteiger partial charge in [-0.25, -0.2) is 8.78 Å². The number of ether oxygens (including phenoxy) is 1. The van der Waals surface area contributed by atoms with Crippen molar-refractivity contribution in [1.82, 2.24) is 0 Å². The summed E-state index contributed by atoms with van der Waals surface area (Å²) < 4.78 is 31.2. The van der Waals surface area contributed by atoms with Crippen LogP contribution in [0.15, 0.2) is 30.4 Å². The molecule has 1 aliphatic heterocycles. The van der Waals surface area contributed by atoms with Crippen LogP contribution in [0, 0.1) is 11.6 Å². The van der Waals surface area contributed by atoms with Gasteiger partial charge in [-0.05, 0) is 19.1 Å². The molecule has 1 nitrogen and oxygen atoms in total. The van der Waals surface area contributed by atoms with Crippen molar-refractivity contribution >= 4 is 0 Å². The van der Waals surface area contributed by atoms with E-state index in [1.54, 1.807) is 12.2 Å². The van der Waals surface area contributed by atoms with Crippen molar-refractivity contribution in [1.29, 1.82) is 0 Å². The van der Waals surface area contributed by atoms with Crippen molar-refractivity contribution in [3.63, 3.8) is 0 Å². The molecule has 0 N–H and O–H groups in total. The van der Waals surface area contributed by atoms with Crippen LogP contribution in [0.1, 0.15) is 12.5 Å². The van der Waals surface area contributed by atoms with Crippen LogP contribution in [-0.2, 0) is 10.3 Å². The minimum atomic E-state index is -0.646. The first-order chi connectivity index (χ1) is 6.68. The number of benzene rings is 1. The molecule has 1 heterocycles. The Morgan fingerprint density at radius 2 is 2.14 bits per heavy atom. The molecule has 1 atom stereocenters. The molecule has 14 heavy (non-hydrogen) atoms. The molecule has 0 aliphatic carbocycles. The largest absolute Gasteiger partial charge is 0.360 e. The molecule has 0 saturated carbocycles. The first kappa shape index (κ1) is 9.34. The Morgan fingerprint density at radius 1 is 1.43 bits per heavy atom. The Balaban J connectivity index is 2.42. The third-order valence-electron chi connectivity index (χ3n) is 2.28. The molecule has 1 aromatic carbocycles. The van der Waals surface area contributed by atoms with Gasteiger partial charge in [0.2, 0.25) is 0 Å². The van der Waals surface area contributed by atoms with E-state index in [0.717, 1.165) is 6.07 Å². The Bertz CT molecular complexity index is 381. The maximum Gasteiger partial charge on any atom is 0.137 e. The maximum absolute atomic E-state index is 13.4. The SMILES string of the molecule is C/C=C/C1(c2ccc(F)cc2F)CO1. The zero-order valence-electron chi connectivity index (χ0n) is 7.76. The van der Waals surface area contributed by atoms with E-state index in [2.05, 4.69) is 0 Å². The van der Waals surface area contributed by atoms with Crippen LogP contribution < -0.4 is 0 Å². The summed E-state index contributed by atoms with van der Waals surface area (Å²) in [6.45, 7) is 2.30. The summed E-state index contributed by atoms with van der Waals surface area (Å²) in [5, 5.41) is 0. The molecule has 0 bridgehead atoms. The van der Waals surface area contributed by atoms with Gasteiger partial charge < -0.3 is 4.74 Å². The number of epoxide rings is 1. The third-order valence-corrected chi connectivity index (χ3v) is 2.28. The van der Waals surface area contributed by atoms with Crippen molar-refractivity contribution in [3.05, 3.63) is 47.5 Å². The van der Waals surface area contributed by atoms with E-state index in [9.17, 15) is 8.78 Å². The molecule has 1 aliphatic rings. The van der Waals surface area contributed by atoms with Crippen molar-refractivity contribution in [2.24, 2.45) is 0 Å². The lowest BCUT2D eigenvalue weighted by atomic mass is 9.99. The highest BCUT2D eigenvalue weighted by Gasteiger charge is 2.45. The summed E-state index contributed by atoms with van der Waals surface area (Å²) in [5.41, 5.74) is -0.246. The molecule has 3 heteroatoms. The topological polar surface area (TPSA) is 12.5 Å². The second-order valence-corrected chi connectivity index (χ2v) is 3.30. The Hall–Kier alpha value is -1.22. The quantitative estimate of drug-likeness (QED) is 0.523. The molecule has 0 spiro atoms. The van der Waals surface area contributed by atoms with Gasteiger partial charge in [0.15, 0.2) is 0 Å².